The first kappa shape index (κ1) is 10.4. The maximum atomic E-state index is 8.31. The van der Waals surface area contributed by atoms with Crippen molar-refractivity contribution in [3.05, 3.63) is 35.9 Å². The van der Waals surface area contributed by atoms with Gasteiger partial charge in [0.05, 0.1) is 0 Å². The van der Waals surface area contributed by atoms with Crippen molar-refractivity contribution in [3.63, 3.8) is 0 Å². The molecule has 0 spiro atoms. The average Bonchev–Trinajstić information content (AvgIpc) is 2.21. The number of hydrogen-bond donors (Lipinski definition) is 1. The summed E-state index contributed by atoms with van der Waals surface area (Å²) in [7, 11) is 0. The van der Waals surface area contributed by atoms with Crippen LogP contribution < -0.4 is 0 Å². The zero-order chi connectivity index (χ0) is 9.40. The molecule has 0 radical (unpaired) electrons. The summed E-state index contributed by atoms with van der Waals surface area (Å²) in [6.07, 6.45) is 0. The van der Waals surface area contributed by atoms with Gasteiger partial charge in [0.25, 0.3) is 0 Å². The van der Waals surface area contributed by atoms with Gasteiger partial charge in [0, 0.05) is 5.56 Å². The number of nitriles is 1. The fourth-order valence-corrected chi connectivity index (χ4v) is 0.669. The lowest BCUT2D eigenvalue weighted by molar-refractivity contribution is 1.46. The van der Waals surface area contributed by atoms with E-state index in [0.717, 1.165) is 0 Å². The van der Waals surface area contributed by atoms with Crippen molar-refractivity contribution in [2.45, 2.75) is 13.8 Å². The van der Waals surface area contributed by atoms with E-state index < -0.39 is 0 Å². The van der Waals surface area contributed by atoms with Crippen molar-refractivity contribution in [2.24, 2.45) is 0 Å². The van der Waals surface area contributed by atoms with E-state index >= 15 is 0 Å². The second kappa shape index (κ2) is 6.11. The zero-order valence-corrected chi connectivity index (χ0v) is 7.33. The van der Waals surface area contributed by atoms with E-state index in [2.05, 4.69) is 0 Å². The molecule has 0 aliphatic carbocycles. The van der Waals surface area contributed by atoms with E-state index in [1.54, 1.807) is 30.3 Å². The summed E-state index contributed by atoms with van der Waals surface area (Å²) >= 11 is 0. The third-order valence-corrected chi connectivity index (χ3v) is 1.17. The maximum absolute atomic E-state index is 8.31. The number of nitrogens with one attached hydrogen (secondary N) is 1. The Kier molecular flexibility index (Phi) is 5.29. The van der Waals surface area contributed by atoms with Crippen LogP contribution in [0.4, 0.5) is 0 Å². The van der Waals surface area contributed by atoms with Gasteiger partial charge in [-0.25, -0.2) is 0 Å². The highest BCUT2D eigenvalue weighted by atomic mass is 14.4. The fourth-order valence-electron chi connectivity index (χ4n) is 0.669. The summed E-state index contributed by atoms with van der Waals surface area (Å²) in [5.74, 6) is 0. The molecule has 0 unspecified atom stereocenters. The van der Waals surface area contributed by atoms with Gasteiger partial charge in [0.15, 0.2) is 0 Å². The molecule has 0 saturated carbocycles. The van der Waals surface area contributed by atoms with Gasteiger partial charge in [-0.15, -0.1) is 0 Å². The van der Waals surface area contributed by atoms with Gasteiger partial charge in [-0.3, -0.25) is 5.41 Å². The normalized spacial score (nSPS) is 7.42. The minimum atomic E-state index is 0.0144. The summed E-state index contributed by atoms with van der Waals surface area (Å²) in [6.45, 7) is 4.00. The Bertz CT molecular complexity index is 270. The number of hydrogen-bond acceptors (Lipinski definition) is 2. The summed E-state index contributed by atoms with van der Waals surface area (Å²) in [5, 5.41) is 15.4. The molecule has 2 heteroatoms. The molecule has 0 amide bonds. The van der Waals surface area contributed by atoms with E-state index in [1.165, 1.54) is 0 Å². The first-order valence-electron chi connectivity index (χ1n) is 3.88. The van der Waals surface area contributed by atoms with Crippen molar-refractivity contribution in [1.29, 1.82) is 10.7 Å². The second-order valence-corrected chi connectivity index (χ2v) is 1.85. The van der Waals surface area contributed by atoms with Crippen LogP contribution in [0.2, 0.25) is 0 Å². The topological polar surface area (TPSA) is 47.6 Å². The van der Waals surface area contributed by atoms with Crippen molar-refractivity contribution < 1.29 is 0 Å². The minimum Gasteiger partial charge on any atom is -0.290 e. The average molecular weight is 160 g/mol. The quantitative estimate of drug-likeness (QED) is 0.630. The summed E-state index contributed by atoms with van der Waals surface area (Å²) in [4.78, 5) is 0. The van der Waals surface area contributed by atoms with E-state index in [-0.39, 0.29) is 5.71 Å². The van der Waals surface area contributed by atoms with Crippen LogP contribution in [-0.2, 0) is 0 Å². The van der Waals surface area contributed by atoms with Crippen molar-refractivity contribution in [1.82, 2.24) is 0 Å². The number of benzene rings is 1. The minimum absolute atomic E-state index is 0.0144. The molecular weight excluding hydrogens is 148 g/mol. The molecule has 1 aromatic carbocycles. The Morgan fingerprint density at radius 3 is 2.17 bits per heavy atom. The molecule has 0 atom stereocenters. The highest BCUT2D eigenvalue weighted by Gasteiger charge is 1.94. The lowest BCUT2D eigenvalue weighted by Crippen LogP contribution is -1.92. The Labute approximate surface area is 73.0 Å². The predicted octanol–water partition coefficient (Wildman–Crippen LogP) is 2.60. The number of nitrogens with zero attached hydrogens (tertiary/aromatic N) is 1. The molecule has 12 heavy (non-hydrogen) atoms. The largest absolute Gasteiger partial charge is 0.290 e. The van der Waals surface area contributed by atoms with E-state index in [4.69, 9.17) is 10.7 Å². The molecule has 0 fully saturated rings. The Hall–Kier alpha value is -1.62. The maximum Gasteiger partial charge on any atom is 0.139 e. The summed E-state index contributed by atoms with van der Waals surface area (Å²) < 4.78 is 0. The molecule has 0 saturated heterocycles. The lowest BCUT2D eigenvalue weighted by atomic mass is 10.1. The van der Waals surface area contributed by atoms with Gasteiger partial charge in [0.2, 0.25) is 0 Å². The van der Waals surface area contributed by atoms with E-state index in [1.807, 2.05) is 19.9 Å². The number of rotatable bonds is 1. The molecule has 2 nitrogen and oxygen atoms in total. The zero-order valence-electron chi connectivity index (χ0n) is 7.33. The van der Waals surface area contributed by atoms with Gasteiger partial charge in [-0.05, 0) is 0 Å². The van der Waals surface area contributed by atoms with Crippen LogP contribution >= 0.6 is 0 Å². The second-order valence-electron chi connectivity index (χ2n) is 1.85. The third kappa shape index (κ3) is 2.98. The van der Waals surface area contributed by atoms with Crippen molar-refractivity contribution in [2.75, 3.05) is 0 Å². The molecule has 1 N–H and O–H groups in total. The smallest absolute Gasteiger partial charge is 0.139 e. The highest BCUT2D eigenvalue weighted by Crippen LogP contribution is 1.97. The van der Waals surface area contributed by atoms with Crippen LogP contribution in [0, 0.1) is 16.7 Å². The summed E-state index contributed by atoms with van der Waals surface area (Å²) in [6, 6.07) is 10.7. The van der Waals surface area contributed by atoms with Crippen LogP contribution in [0.5, 0.6) is 0 Å². The molecule has 62 valence electrons. The van der Waals surface area contributed by atoms with Crippen LogP contribution in [0.25, 0.3) is 0 Å². The lowest BCUT2D eigenvalue weighted by Gasteiger charge is -1.90. The van der Waals surface area contributed by atoms with Gasteiger partial charge < -0.3 is 0 Å². The third-order valence-electron chi connectivity index (χ3n) is 1.17. The van der Waals surface area contributed by atoms with Gasteiger partial charge in [0.1, 0.15) is 11.8 Å². The van der Waals surface area contributed by atoms with Crippen LogP contribution in [0.15, 0.2) is 30.3 Å². The van der Waals surface area contributed by atoms with Gasteiger partial charge in [-0.1, -0.05) is 44.2 Å². The molecule has 0 heterocycles. The SMILES string of the molecule is CC.N#CC(=N)c1ccccc1. The summed E-state index contributed by atoms with van der Waals surface area (Å²) in [5.41, 5.74) is 0.686. The molecule has 1 aromatic rings. The molecule has 0 aromatic heterocycles. The predicted molar refractivity (Wildman–Crippen MR) is 50.2 cm³/mol. The first-order valence-corrected chi connectivity index (χ1v) is 3.88. The van der Waals surface area contributed by atoms with Crippen LogP contribution in [-0.4, -0.2) is 5.71 Å². The Morgan fingerprint density at radius 2 is 1.75 bits per heavy atom. The van der Waals surface area contributed by atoms with Crippen molar-refractivity contribution in [3.8, 4) is 6.07 Å². The van der Waals surface area contributed by atoms with Crippen LogP contribution in [0.1, 0.15) is 19.4 Å². The first-order chi connectivity index (χ1) is 5.84. The molecule has 0 aliphatic heterocycles. The van der Waals surface area contributed by atoms with Gasteiger partial charge in [-0.2, -0.15) is 5.26 Å². The van der Waals surface area contributed by atoms with Crippen LogP contribution in [0.3, 0.4) is 0 Å². The Balaban J connectivity index is 0.000000561. The molecule has 1 rings (SSSR count). The fraction of sp³-hybridized carbons (Fsp3) is 0.200. The van der Waals surface area contributed by atoms with E-state index in [9.17, 15) is 0 Å². The van der Waals surface area contributed by atoms with E-state index in [0.29, 0.717) is 5.56 Å². The van der Waals surface area contributed by atoms with Crippen molar-refractivity contribution >= 4 is 5.71 Å². The highest BCUT2D eigenvalue weighted by molar-refractivity contribution is 6.09. The standard InChI is InChI=1S/C8H6N2.C2H6/c9-6-8(10)7-4-2-1-3-5-7;1-2/h1-5,10H;1-2H3. The van der Waals surface area contributed by atoms with Gasteiger partial charge >= 0.3 is 0 Å². The molecule has 0 bridgehead atoms. The molecular formula is C10H12N2. The molecule has 0 aliphatic rings. The monoisotopic (exact) mass is 160 g/mol. The Morgan fingerprint density at radius 1 is 1.25 bits per heavy atom.